The summed E-state index contributed by atoms with van der Waals surface area (Å²) < 4.78 is 0. The van der Waals surface area contributed by atoms with Crippen molar-refractivity contribution in [3.05, 3.63) is 0 Å². The highest BCUT2D eigenvalue weighted by Gasteiger charge is 2.29. The standard InChI is InChI=1S/C14H26N2O3/c1-4-10(2)12(13(17)18)15-14(19)16(3)11-8-6-5-7-9-11/h10-12H,4-9H2,1-3H3,(H,15,19)(H,17,18)/t10?,12-/m0/s1. The fourth-order valence-corrected chi connectivity index (χ4v) is 2.55. The summed E-state index contributed by atoms with van der Waals surface area (Å²) >= 11 is 0. The molecular weight excluding hydrogens is 244 g/mol. The van der Waals surface area contributed by atoms with Crippen LogP contribution < -0.4 is 5.32 Å². The zero-order valence-corrected chi connectivity index (χ0v) is 12.2. The SMILES string of the molecule is CCC(C)[C@H](NC(=O)N(C)C1CCCCC1)C(=O)O. The molecule has 0 spiro atoms. The quantitative estimate of drug-likeness (QED) is 0.806. The fourth-order valence-electron chi connectivity index (χ4n) is 2.55. The first-order valence-electron chi connectivity index (χ1n) is 7.23. The molecule has 1 rings (SSSR count). The molecule has 0 radical (unpaired) electrons. The topological polar surface area (TPSA) is 69.6 Å². The summed E-state index contributed by atoms with van der Waals surface area (Å²) in [5.41, 5.74) is 0. The van der Waals surface area contributed by atoms with E-state index in [1.807, 2.05) is 13.8 Å². The zero-order valence-electron chi connectivity index (χ0n) is 12.2. The third kappa shape index (κ3) is 4.40. The van der Waals surface area contributed by atoms with E-state index in [-0.39, 0.29) is 18.0 Å². The lowest BCUT2D eigenvalue weighted by molar-refractivity contribution is -0.140. The fraction of sp³-hybridized carbons (Fsp3) is 0.857. The molecule has 110 valence electrons. The number of hydrogen-bond donors (Lipinski definition) is 2. The monoisotopic (exact) mass is 270 g/mol. The van der Waals surface area contributed by atoms with Crippen molar-refractivity contribution in [2.75, 3.05) is 7.05 Å². The van der Waals surface area contributed by atoms with E-state index in [1.54, 1.807) is 11.9 Å². The van der Waals surface area contributed by atoms with Crippen LogP contribution in [0.2, 0.25) is 0 Å². The number of nitrogens with zero attached hydrogens (tertiary/aromatic N) is 1. The third-order valence-electron chi connectivity index (χ3n) is 4.20. The Morgan fingerprint density at radius 2 is 1.89 bits per heavy atom. The van der Waals surface area contributed by atoms with Gasteiger partial charge in [0.15, 0.2) is 0 Å². The van der Waals surface area contributed by atoms with Crippen LogP contribution in [-0.2, 0) is 4.79 Å². The number of carboxylic acid groups (broad SMARTS) is 1. The summed E-state index contributed by atoms with van der Waals surface area (Å²) in [5.74, 6) is -1.03. The molecule has 19 heavy (non-hydrogen) atoms. The second-order valence-corrected chi connectivity index (χ2v) is 5.55. The van der Waals surface area contributed by atoms with Crippen LogP contribution in [0.3, 0.4) is 0 Å². The maximum Gasteiger partial charge on any atom is 0.326 e. The number of urea groups is 1. The summed E-state index contributed by atoms with van der Waals surface area (Å²) in [5, 5.41) is 11.8. The van der Waals surface area contributed by atoms with Gasteiger partial charge in [-0.05, 0) is 18.8 Å². The zero-order chi connectivity index (χ0) is 14.4. The minimum atomic E-state index is -0.959. The first-order chi connectivity index (χ1) is 8.97. The molecule has 0 aromatic carbocycles. The molecule has 1 aliphatic carbocycles. The van der Waals surface area contributed by atoms with Gasteiger partial charge < -0.3 is 15.3 Å². The number of nitrogens with one attached hydrogen (secondary N) is 1. The van der Waals surface area contributed by atoms with Crippen molar-refractivity contribution in [1.82, 2.24) is 10.2 Å². The number of rotatable bonds is 5. The Bertz CT molecular complexity index is 314. The van der Waals surface area contributed by atoms with E-state index in [0.29, 0.717) is 0 Å². The predicted molar refractivity (Wildman–Crippen MR) is 74.0 cm³/mol. The van der Waals surface area contributed by atoms with Gasteiger partial charge in [0.2, 0.25) is 0 Å². The smallest absolute Gasteiger partial charge is 0.326 e. The van der Waals surface area contributed by atoms with Gasteiger partial charge in [0.05, 0.1) is 0 Å². The van der Waals surface area contributed by atoms with Gasteiger partial charge in [-0.1, -0.05) is 39.5 Å². The highest BCUT2D eigenvalue weighted by atomic mass is 16.4. The average Bonchev–Trinajstić information content (AvgIpc) is 2.43. The van der Waals surface area contributed by atoms with Crippen LogP contribution in [0.25, 0.3) is 0 Å². The van der Waals surface area contributed by atoms with Crippen molar-refractivity contribution >= 4 is 12.0 Å². The van der Waals surface area contributed by atoms with Crippen LogP contribution in [-0.4, -0.2) is 41.1 Å². The summed E-state index contributed by atoms with van der Waals surface area (Å²) in [6.07, 6.45) is 6.29. The minimum Gasteiger partial charge on any atom is -0.480 e. The maximum absolute atomic E-state index is 12.1. The van der Waals surface area contributed by atoms with Gasteiger partial charge in [0, 0.05) is 13.1 Å². The summed E-state index contributed by atoms with van der Waals surface area (Å²) in [6, 6.07) is -0.816. The Hall–Kier alpha value is -1.26. The van der Waals surface area contributed by atoms with Crippen molar-refractivity contribution in [3.63, 3.8) is 0 Å². The lowest BCUT2D eigenvalue weighted by Gasteiger charge is -2.32. The molecule has 2 amide bonds. The Morgan fingerprint density at radius 3 is 2.37 bits per heavy atom. The molecule has 2 atom stereocenters. The Kier molecular flexibility index (Phi) is 6.12. The molecular formula is C14H26N2O3. The molecule has 0 heterocycles. The van der Waals surface area contributed by atoms with Gasteiger partial charge in [0.1, 0.15) is 6.04 Å². The molecule has 1 unspecified atom stereocenters. The minimum absolute atomic E-state index is 0.0683. The van der Waals surface area contributed by atoms with Gasteiger partial charge in [-0.15, -0.1) is 0 Å². The van der Waals surface area contributed by atoms with Crippen molar-refractivity contribution in [1.29, 1.82) is 0 Å². The average molecular weight is 270 g/mol. The van der Waals surface area contributed by atoms with Crippen LogP contribution in [0.15, 0.2) is 0 Å². The number of carboxylic acids is 1. The highest BCUT2D eigenvalue weighted by Crippen LogP contribution is 2.21. The molecule has 5 heteroatoms. The first kappa shape index (κ1) is 15.8. The molecule has 0 bridgehead atoms. The maximum atomic E-state index is 12.1. The molecule has 1 aliphatic rings. The van der Waals surface area contributed by atoms with Gasteiger partial charge >= 0.3 is 12.0 Å². The number of hydrogen-bond acceptors (Lipinski definition) is 2. The third-order valence-corrected chi connectivity index (χ3v) is 4.20. The van der Waals surface area contributed by atoms with Gasteiger partial charge in [0.25, 0.3) is 0 Å². The number of aliphatic carboxylic acids is 1. The molecule has 0 aromatic rings. The molecule has 0 aliphatic heterocycles. The van der Waals surface area contributed by atoms with Gasteiger partial charge in [-0.25, -0.2) is 9.59 Å². The Labute approximate surface area is 115 Å². The molecule has 0 aromatic heterocycles. The molecule has 1 fully saturated rings. The van der Waals surface area contributed by atoms with Crippen molar-refractivity contribution in [3.8, 4) is 0 Å². The van der Waals surface area contributed by atoms with Crippen LogP contribution in [0, 0.1) is 5.92 Å². The van der Waals surface area contributed by atoms with E-state index in [2.05, 4.69) is 5.32 Å². The van der Waals surface area contributed by atoms with Gasteiger partial charge in [-0.2, -0.15) is 0 Å². The Morgan fingerprint density at radius 1 is 1.32 bits per heavy atom. The van der Waals surface area contributed by atoms with Crippen LogP contribution in [0.5, 0.6) is 0 Å². The molecule has 0 saturated heterocycles. The largest absolute Gasteiger partial charge is 0.480 e. The predicted octanol–water partition coefficient (Wildman–Crippen LogP) is 2.46. The van der Waals surface area contributed by atoms with Crippen LogP contribution in [0.4, 0.5) is 4.79 Å². The second-order valence-electron chi connectivity index (χ2n) is 5.55. The van der Waals surface area contributed by atoms with E-state index in [0.717, 1.165) is 32.1 Å². The first-order valence-corrected chi connectivity index (χ1v) is 7.23. The lowest BCUT2D eigenvalue weighted by atomic mass is 9.94. The number of carbonyl (C=O) groups is 2. The highest BCUT2D eigenvalue weighted by molar-refractivity contribution is 5.82. The van der Waals surface area contributed by atoms with E-state index in [9.17, 15) is 14.7 Å². The summed E-state index contributed by atoms with van der Waals surface area (Å²) in [7, 11) is 1.76. The van der Waals surface area contributed by atoms with Crippen molar-refractivity contribution in [2.45, 2.75) is 64.5 Å². The molecule has 2 N–H and O–H groups in total. The van der Waals surface area contributed by atoms with E-state index >= 15 is 0 Å². The number of amides is 2. The number of carbonyl (C=O) groups excluding carboxylic acids is 1. The van der Waals surface area contributed by atoms with E-state index in [4.69, 9.17) is 0 Å². The normalized spacial score (nSPS) is 19.5. The van der Waals surface area contributed by atoms with E-state index in [1.165, 1.54) is 6.42 Å². The van der Waals surface area contributed by atoms with Gasteiger partial charge in [-0.3, -0.25) is 0 Å². The summed E-state index contributed by atoms with van der Waals surface area (Å²) in [4.78, 5) is 25.0. The van der Waals surface area contributed by atoms with Crippen LogP contribution >= 0.6 is 0 Å². The second kappa shape index (κ2) is 7.36. The van der Waals surface area contributed by atoms with Crippen molar-refractivity contribution < 1.29 is 14.7 Å². The summed E-state index contributed by atoms with van der Waals surface area (Å²) in [6.45, 7) is 3.78. The van der Waals surface area contributed by atoms with Crippen LogP contribution in [0.1, 0.15) is 52.4 Å². The lowest BCUT2D eigenvalue weighted by Crippen LogP contribution is -2.52. The Balaban J connectivity index is 2.57. The molecule has 1 saturated carbocycles. The van der Waals surface area contributed by atoms with E-state index < -0.39 is 12.0 Å². The molecule has 5 nitrogen and oxygen atoms in total. The van der Waals surface area contributed by atoms with Crippen molar-refractivity contribution in [2.24, 2.45) is 5.92 Å².